The van der Waals surface area contributed by atoms with Gasteiger partial charge in [-0.1, -0.05) is 6.42 Å². The second kappa shape index (κ2) is 8.60. The molecule has 0 heterocycles. The van der Waals surface area contributed by atoms with Crippen molar-refractivity contribution in [1.29, 1.82) is 0 Å². The van der Waals surface area contributed by atoms with E-state index in [2.05, 4.69) is 10.1 Å². The van der Waals surface area contributed by atoms with Crippen molar-refractivity contribution in [3.8, 4) is 0 Å². The fourth-order valence-corrected chi connectivity index (χ4v) is 2.04. The molecule has 19 heavy (non-hydrogen) atoms. The summed E-state index contributed by atoms with van der Waals surface area (Å²) >= 11 is 0. The van der Waals surface area contributed by atoms with Crippen LogP contribution in [0.15, 0.2) is 0 Å². The van der Waals surface area contributed by atoms with Crippen LogP contribution in [0, 0.1) is 5.92 Å². The lowest BCUT2D eigenvalue weighted by Gasteiger charge is -2.25. The zero-order valence-electron chi connectivity index (χ0n) is 10.5. The van der Waals surface area contributed by atoms with Crippen LogP contribution < -0.4 is 11.1 Å². The lowest BCUT2D eigenvalue weighted by Crippen LogP contribution is -2.39. The molecule has 1 aliphatic carbocycles. The Kier molecular flexibility index (Phi) is 8.36. The van der Waals surface area contributed by atoms with Crippen molar-refractivity contribution in [2.45, 2.75) is 37.9 Å². The van der Waals surface area contributed by atoms with Crippen LogP contribution in [0.25, 0.3) is 0 Å². The van der Waals surface area contributed by atoms with Crippen LogP contribution in [0.4, 0.5) is 13.2 Å². The minimum absolute atomic E-state index is 0. The molecule has 0 aliphatic heterocycles. The van der Waals surface area contributed by atoms with Crippen molar-refractivity contribution in [2.75, 3.05) is 19.8 Å². The van der Waals surface area contributed by atoms with Crippen molar-refractivity contribution in [3.05, 3.63) is 0 Å². The monoisotopic (exact) mass is 304 g/mol. The van der Waals surface area contributed by atoms with Crippen LogP contribution in [-0.2, 0) is 9.53 Å². The Balaban J connectivity index is 0.00000324. The van der Waals surface area contributed by atoms with Gasteiger partial charge in [0.15, 0.2) is 0 Å². The molecule has 0 aromatic heterocycles. The van der Waals surface area contributed by atoms with Crippen molar-refractivity contribution in [1.82, 2.24) is 5.32 Å². The standard InChI is InChI=1S/C11H19F3N2O2.ClH/c12-11(13,14)7-18-5-4-16-10(17)8-2-1-3-9(15)6-8;/h8-9H,1-7,15H2,(H,16,17);1H. The van der Waals surface area contributed by atoms with Crippen LogP contribution in [0.2, 0.25) is 0 Å². The summed E-state index contributed by atoms with van der Waals surface area (Å²) in [7, 11) is 0. The summed E-state index contributed by atoms with van der Waals surface area (Å²) in [6.45, 7) is -1.32. The maximum Gasteiger partial charge on any atom is 0.411 e. The predicted molar refractivity (Wildman–Crippen MR) is 67.1 cm³/mol. The van der Waals surface area contributed by atoms with Crippen LogP contribution in [0.3, 0.4) is 0 Å². The molecule has 4 nitrogen and oxygen atoms in total. The highest BCUT2D eigenvalue weighted by atomic mass is 35.5. The topological polar surface area (TPSA) is 64.4 Å². The highest BCUT2D eigenvalue weighted by molar-refractivity contribution is 5.85. The molecule has 2 atom stereocenters. The Morgan fingerprint density at radius 3 is 2.63 bits per heavy atom. The summed E-state index contributed by atoms with van der Waals surface area (Å²) in [5, 5.41) is 2.57. The van der Waals surface area contributed by atoms with E-state index in [0.29, 0.717) is 6.42 Å². The smallest absolute Gasteiger partial charge is 0.370 e. The molecule has 114 valence electrons. The highest BCUT2D eigenvalue weighted by Gasteiger charge is 2.27. The van der Waals surface area contributed by atoms with E-state index < -0.39 is 12.8 Å². The molecular formula is C11H20ClF3N2O2. The van der Waals surface area contributed by atoms with Crippen LogP contribution in [-0.4, -0.2) is 37.9 Å². The van der Waals surface area contributed by atoms with E-state index in [0.717, 1.165) is 19.3 Å². The Labute approximate surface area is 116 Å². The van der Waals surface area contributed by atoms with Gasteiger partial charge >= 0.3 is 6.18 Å². The molecule has 1 rings (SSSR count). The Morgan fingerprint density at radius 2 is 2.05 bits per heavy atom. The molecule has 1 aliphatic rings. The van der Waals surface area contributed by atoms with Gasteiger partial charge in [-0.3, -0.25) is 4.79 Å². The first-order chi connectivity index (χ1) is 8.38. The highest BCUT2D eigenvalue weighted by Crippen LogP contribution is 2.22. The van der Waals surface area contributed by atoms with Crippen molar-refractivity contribution in [2.24, 2.45) is 11.7 Å². The molecule has 0 radical (unpaired) electrons. The van der Waals surface area contributed by atoms with Crippen LogP contribution >= 0.6 is 12.4 Å². The maximum atomic E-state index is 11.7. The predicted octanol–water partition coefficient (Wildman–Crippen LogP) is 1.62. The summed E-state index contributed by atoms with van der Waals surface area (Å²) in [6, 6.07) is 0.0518. The molecule has 0 aromatic carbocycles. The summed E-state index contributed by atoms with van der Waals surface area (Å²) in [6.07, 6.45) is -1.03. The van der Waals surface area contributed by atoms with Gasteiger partial charge in [-0.15, -0.1) is 12.4 Å². The second-order valence-corrected chi connectivity index (χ2v) is 4.58. The summed E-state index contributed by atoms with van der Waals surface area (Å²) in [5.41, 5.74) is 5.76. The third-order valence-corrected chi connectivity index (χ3v) is 2.90. The molecule has 1 amide bonds. The fourth-order valence-electron chi connectivity index (χ4n) is 2.04. The molecule has 0 saturated heterocycles. The summed E-state index contributed by atoms with van der Waals surface area (Å²) < 4.78 is 39.6. The van der Waals surface area contributed by atoms with E-state index in [-0.39, 0.29) is 43.4 Å². The number of nitrogens with one attached hydrogen (secondary N) is 1. The van der Waals surface area contributed by atoms with Gasteiger partial charge in [0.05, 0.1) is 6.61 Å². The summed E-state index contributed by atoms with van der Waals surface area (Å²) in [4.78, 5) is 11.7. The Morgan fingerprint density at radius 1 is 1.37 bits per heavy atom. The summed E-state index contributed by atoms with van der Waals surface area (Å²) in [5.74, 6) is -0.253. The molecule has 3 N–H and O–H groups in total. The molecule has 2 unspecified atom stereocenters. The second-order valence-electron chi connectivity index (χ2n) is 4.58. The SMILES string of the molecule is Cl.NC1CCCC(C(=O)NCCOCC(F)(F)F)C1. The van der Waals surface area contributed by atoms with E-state index in [4.69, 9.17) is 5.73 Å². The largest absolute Gasteiger partial charge is 0.411 e. The van der Waals surface area contributed by atoms with Crippen molar-refractivity contribution < 1.29 is 22.7 Å². The lowest BCUT2D eigenvalue weighted by atomic mass is 9.85. The van der Waals surface area contributed by atoms with Gasteiger partial charge in [-0.25, -0.2) is 0 Å². The first-order valence-electron chi connectivity index (χ1n) is 6.06. The third kappa shape index (κ3) is 8.28. The Hall–Kier alpha value is -0.530. The van der Waals surface area contributed by atoms with Gasteiger partial charge in [-0.05, 0) is 19.3 Å². The minimum atomic E-state index is -4.32. The lowest BCUT2D eigenvalue weighted by molar-refractivity contribution is -0.173. The average Bonchev–Trinajstić information content (AvgIpc) is 2.26. The average molecular weight is 305 g/mol. The molecule has 1 fully saturated rings. The van der Waals surface area contributed by atoms with Crippen LogP contribution in [0.5, 0.6) is 0 Å². The zero-order valence-corrected chi connectivity index (χ0v) is 11.4. The van der Waals surface area contributed by atoms with Crippen molar-refractivity contribution >= 4 is 18.3 Å². The zero-order chi connectivity index (χ0) is 13.6. The number of amides is 1. The number of rotatable bonds is 5. The van der Waals surface area contributed by atoms with E-state index >= 15 is 0 Å². The first-order valence-corrected chi connectivity index (χ1v) is 6.06. The van der Waals surface area contributed by atoms with E-state index in [1.807, 2.05) is 0 Å². The van der Waals surface area contributed by atoms with Crippen molar-refractivity contribution in [3.63, 3.8) is 0 Å². The van der Waals surface area contributed by atoms with E-state index in [9.17, 15) is 18.0 Å². The molecule has 0 aromatic rings. The number of nitrogens with two attached hydrogens (primary N) is 1. The first kappa shape index (κ1) is 18.5. The number of carbonyl (C=O) groups excluding carboxylic acids is 1. The Bertz CT molecular complexity index is 277. The molecule has 1 saturated carbocycles. The maximum absolute atomic E-state index is 11.7. The van der Waals surface area contributed by atoms with Gasteiger partial charge in [0.2, 0.25) is 5.91 Å². The third-order valence-electron chi connectivity index (χ3n) is 2.90. The van der Waals surface area contributed by atoms with Gasteiger partial charge in [0, 0.05) is 18.5 Å². The number of alkyl halides is 3. The fraction of sp³-hybridized carbons (Fsp3) is 0.909. The molecule has 8 heteroatoms. The van der Waals surface area contributed by atoms with E-state index in [1.54, 1.807) is 0 Å². The molecule has 0 bridgehead atoms. The quantitative estimate of drug-likeness (QED) is 0.759. The van der Waals surface area contributed by atoms with Gasteiger partial charge in [-0.2, -0.15) is 13.2 Å². The van der Waals surface area contributed by atoms with Crippen LogP contribution in [0.1, 0.15) is 25.7 Å². The number of hydrogen-bond acceptors (Lipinski definition) is 3. The van der Waals surface area contributed by atoms with E-state index in [1.165, 1.54) is 0 Å². The number of carbonyl (C=O) groups is 1. The minimum Gasteiger partial charge on any atom is -0.370 e. The molecular weight excluding hydrogens is 285 g/mol. The number of halogens is 4. The van der Waals surface area contributed by atoms with Gasteiger partial charge < -0.3 is 15.8 Å². The van der Waals surface area contributed by atoms with Gasteiger partial charge in [0.25, 0.3) is 0 Å². The number of hydrogen-bond donors (Lipinski definition) is 2. The van der Waals surface area contributed by atoms with Gasteiger partial charge in [0.1, 0.15) is 6.61 Å². The number of ether oxygens (including phenoxy) is 1. The normalized spacial score (nSPS) is 23.6. The molecule has 0 spiro atoms.